The van der Waals surface area contributed by atoms with Gasteiger partial charge in [0.05, 0.1) is 0 Å². The molecule has 2 aromatic carbocycles. The highest BCUT2D eigenvalue weighted by atomic mass is 16.7. The molecule has 0 aliphatic carbocycles. The van der Waals surface area contributed by atoms with E-state index in [1.165, 1.54) is 0 Å². The lowest BCUT2D eigenvalue weighted by Gasteiger charge is -2.22. The maximum Gasteiger partial charge on any atom is 0.325 e. The Kier molecular flexibility index (Phi) is 5.31. The summed E-state index contributed by atoms with van der Waals surface area (Å²) in [5.74, 6) is 0.404. The van der Waals surface area contributed by atoms with Crippen molar-refractivity contribution in [2.45, 2.75) is 39.2 Å². The SMILES string of the molecule is CCc1cccc(C)c1NC(=O)CN1C(=O)N[C@@](C)(Cc2ccc3c(c2)OCO3)C1=O. The molecule has 4 amide bonds. The van der Waals surface area contributed by atoms with Crippen LogP contribution in [0.25, 0.3) is 0 Å². The molecule has 2 aromatic rings. The summed E-state index contributed by atoms with van der Waals surface area (Å²) in [5, 5.41) is 5.59. The lowest BCUT2D eigenvalue weighted by Crippen LogP contribution is -2.46. The molecular weight excluding hydrogens is 398 g/mol. The second-order valence-corrected chi connectivity index (χ2v) is 8.03. The van der Waals surface area contributed by atoms with E-state index >= 15 is 0 Å². The van der Waals surface area contributed by atoms with Crippen molar-refractivity contribution in [3.63, 3.8) is 0 Å². The van der Waals surface area contributed by atoms with E-state index in [0.29, 0.717) is 11.5 Å². The Bertz CT molecular complexity index is 1070. The highest BCUT2D eigenvalue weighted by molar-refractivity contribution is 6.10. The molecule has 1 atom stereocenters. The van der Waals surface area contributed by atoms with Gasteiger partial charge in [-0.25, -0.2) is 4.79 Å². The van der Waals surface area contributed by atoms with E-state index in [-0.39, 0.29) is 19.8 Å². The molecule has 2 N–H and O–H groups in total. The van der Waals surface area contributed by atoms with Crippen LogP contribution < -0.4 is 20.1 Å². The first kappa shape index (κ1) is 20.7. The van der Waals surface area contributed by atoms with Crippen LogP contribution in [0, 0.1) is 6.92 Å². The molecule has 31 heavy (non-hydrogen) atoms. The summed E-state index contributed by atoms with van der Waals surface area (Å²) in [5.41, 5.74) is 2.32. The van der Waals surface area contributed by atoms with Gasteiger partial charge >= 0.3 is 6.03 Å². The fourth-order valence-electron chi connectivity index (χ4n) is 3.99. The average molecular weight is 423 g/mol. The van der Waals surface area contributed by atoms with E-state index in [4.69, 9.17) is 9.47 Å². The number of anilines is 1. The number of nitrogens with zero attached hydrogens (tertiary/aromatic N) is 1. The Balaban J connectivity index is 1.46. The number of fused-ring (bicyclic) bond motifs is 1. The number of nitrogens with one attached hydrogen (secondary N) is 2. The Morgan fingerprint density at radius 1 is 1.19 bits per heavy atom. The number of carbonyl (C=O) groups is 3. The third-order valence-electron chi connectivity index (χ3n) is 5.65. The Morgan fingerprint density at radius 2 is 1.97 bits per heavy atom. The molecule has 2 heterocycles. The number of para-hydroxylation sites is 1. The minimum atomic E-state index is -1.15. The van der Waals surface area contributed by atoms with E-state index < -0.39 is 23.4 Å². The van der Waals surface area contributed by atoms with Crippen LogP contribution in [-0.2, 0) is 22.4 Å². The molecule has 1 saturated heterocycles. The number of carbonyl (C=O) groups excluding carboxylic acids is 3. The highest BCUT2D eigenvalue weighted by Crippen LogP contribution is 2.34. The zero-order valence-electron chi connectivity index (χ0n) is 17.8. The highest BCUT2D eigenvalue weighted by Gasteiger charge is 2.48. The van der Waals surface area contributed by atoms with Gasteiger partial charge < -0.3 is 20.1 Å². The van der Waals surface area contributed by atoms with Crippen molar-refractivity contribution in [1.82, 2.24) is 10.2 Å². The quantitative estimate of drug-likeness (QED) is 0.697. The van der Waals surface area contributed by atoms with Crippen molar-refractivity contribution in [3.8, 4) is 11.5 Å². The van der Waals surface area contributed by atoms with Gasteiger partial charge in [0, 0.05) is 12.1 Å². The van der Waals surface area contributed by atoms with Crippen molar-refractivity contribution in [2.75, 3.05) is 18.7 Å². The number of imide groups is 1. The van der Waals surface area contributed by atoms with Crippen LogP contribution in [0.5, 0.6) is 11.5 Å². The summed E-state index contributed by atoms with van der Waals surface area (Å²) >= 11 is 0. The number of urea groups is 1. The van der Waals surface area contributed by atoms with Crippen molar-refractivity contribution in [2.24, 2.45) is 0 Å². The van der Waals surface area contributed by atoms with Crippen LogP contribution >= 0.6 is 0 Å². The van der Waals surface area contributed by atoms with E-state index in [1.807, 2.05) is 38.1 Å². The second kappa shape index (κ2) is 7.94. The number of hydrogen-bond donors (Lipinski definition) is 2. The Morgan fingerprint density at radius 3 is 2.74 bits per heavy atom. The van der Waals surface area contributed by atoms with Gasteiger partial charge in [-0.05, 0) is 49.1 Å². The first-order valence-corrected chi connectivity index (χ1v) is 10.2. The van der Waals surface area contributed by atoms with Crippen LogP contribution in [-0.4, -0.2) is 41.6 Å². The normalized spacial score (nSPS) is 19.5. The predicted molar refractivity (Wildman–Crippen MR) is 114 cm³/mol. The molecule has 4 rings (SSSR count). The number of hydrogen-bond acceptors (Lipinski definition) is 5. The number of benzene rings is 2. The summed E-state index contributed by atoms with van der Waals surface area (Å²) in [6, 6.07) is 10.6. The number of ether oxygens (including phenoxy) is 2. The molecule has 1 fully saturated rings. The van der Waals surface area contributed by atoms with Gasteiger partial charge in [-0.15, -0.1) is 0 Å². The Hall–Kier alpha value is -3.55. The van der Waals surface area contributed by atoms with Crippen molar-refractivity contribution >= 4 is 23.5 Å². The smallest absolute Gasteiger partial charge is 0.325 e. The van der Waals surface area contributed by atoms with E-state index in [9.17, 15) is 14.4 Å². The minimum Gasteiger partial charge on any atom is -0.454 e. The lowest BCUT2D eigenvalue weighted by molar-refractivity contribution is -0.133. The number of rotatable bonds is 6. The molecule has 0 saturated carbocycles. The summed E-state index contributed by atoms with van der Waals surface area (Å²) in [7, 11) is 0. The van der Waals surface area contributed by atoms with Gasteiger partial charge in [0.2, 0.25) is 12.7 Å². The second-order valence-electron chi connectivity index (χ2n) is 8.03. The van der Waals surface area contributed by atoms with Crippen LogP contribution in [0.3, 0.4) is 0 Å². The third-order valence-corrected chi connectivity index (χ3v) is 5.65. The maximum absolute atomic E-state index is 13.1. The average Bonchev–Trinajstić information content (AvgIpc) is 3.27. The maximum atomic E-state index is 13.1. The standard InChI is InChI=1S/C23H25N3O5/c1-4-16-7-5-6-14(2)20(16)24-19(27)12-26-21(28)23(3,25-22(26)29)11-15-8-9-17-18(10-15)31-13-30-17/h5-10H,4,11-13H2,1-3H3,(H,24,27)(H,25,29)/t23-/m0/s1. The predicted octanol–water partition coefficient (Wildman–Crippen LogP) is 2.78. The zero-order valence-corrected chi connectivity index (χ0v) is 17.8. The molecule has 162 valence electrons. The molecule has 2 aliphatic rings. The van der Waals surface area contributed by atoms with Gasteiger partial charge in [0.25, 0.3) is 5.91 Å². The summed E-state index contributed by atoms with van der Waals surface area (Å²) in [6.45, 7) is 5.38. The fraction of sp³-hybridized carbons (Fsp3) is 0.348. The summed E-state index contributed by atoms with van der Waals surface area (Å²) in [6.07, 6.45) is 1.03. The van der Waals surface area contributed by atoms with Crippen LogP contribution in [0.4, 0.5) is 10.5 Å². The molecular formula is C23H25N3O5. The van der Waals surface area contributed by atoms with Crippen molar-refractivity contribution in [3.05, 3.63) is 53.1 Å². The molecule has 0 spiro atoms. The fourth-order valence-corrected chi connectivity index (χ4v) is 3.99. The molecule has 0 radical (unpaired) electrons. The van der Waals surface area contributed by atoms with Crippen LogP contribution in [0.2, 0.25) is 0 Å². The monoisotopic (exact) mass is 423 g/mol. The van der Waals surface area contributed by atoms with E-state index in [2.05, 4.69) is 10.6 Å². The van der Waals surface area contributed by atoms with Gasteiger partial charge in [-0.1, -0.05) is 31.2 Å². The Labute approximate surface area is 180 Å². The summed E-state index contributed by atoms with van der Waals surface area (Å²) in [4.78, 5) is 39.2. The zero-order chi connectivity index (χ0) is 22.2. The molecule has 8 heteroatoms. The number of amides is 4. The van der Waals surface area contributed by atoms with Gasteiger partial charge in [0.1, 0.15) is 12.1 Å². The van der Waals surface area contributed by atoms with Gasteiger partial charge in [-0.3, -0.25) is 14.5 Å². The van der Waals surface area contributed by atoms with Crippen molar-refractivity contribution < 1.29 is 23.9 Å². The lowest BCUT2D eigenvalue weighted by atomic mass is 9.92. The van der Waals surface area contributed by atoms with Gasteiger partial charge in [0.15, 0.2) is 11.5 Å². The number of aryl methyl sites for hydroxylation is 2. The first-order chi connectivity index (χ1) is 14.8. The molecule has 0 bridgehead atoms. The topological polar surface area (TPSA) is 97.0 Å². The molecule has 2 aliphatic heterocycles. The van der Waals surface area contributed by atoms with Gasteiger partial charge in [-0.2, -0.15) is 0 Å². The van der Waals surface area contributed by atoms with Crippen LogP contribution in [0.15, 0.2) is 36.4 Å². The third kappa shape index (κ3) is 3.93. The molecule has 0 unspecified atom stereocenters. The van der Waals surface area contributed by atoms with E-state index in [0.717, 1.165) is 33.7 Å². The largest absolute Gasteiger partial charge is 0.454 e. The first-order valence-electron chi connectivity index (χ1n) is 10.2. The van der Waals surface area contributed by atoms with Crippen molar-refractivity contribution in [1.29, 1.82) is 0 Å². The van der Waals surface area contributed by atoms with E-state index in [1.54, 1.807) is 19.1 Å². The molecule has 8 nitrogen and oxygen atoms in total. The minimum absolute atomic E-state index is 0.162. The summed E-state index contributed by atoms with van der Waals surface area (Å²) < 4.78 is 10.7. The van der Waals surface area contributed by atoms with Crippen LogP contribution in [0.1, 0.15) is 30.5 Å². The molecule has 0 aromatic heterocycles.